The Bertz CT molecular complexity index is 470. The maximum atomic E-state index is 11.7. The third-order valence-corrected chi connectivity index (χ3v) is 3.74. The van der Waals surface area contributed by atoms with Gasteiger partial charge in [0, 0.05) is 12.1 Å². The van der Waals surface area contributed by atoms with E-state index in [1.54, 1.807) is 30.3 Å². The van der Waals surface area contributed by atoms with Crippen LogP contribution in [0.4, 0.5) is 0 Å². The standard InChI is InChI=1S/C12H17NO4S/c13-6-7-17-8-9-18(15,16)10-12(14)11-4-2-1-3-5-11/h1-5H,6-10,13H2. The van der Waals surface area contributed by atoms with E-state index < -0.39 is 21.4 Å². The minimum absolute atomic E-state index is 0.0710. The number of sulfone groups is 1. The van der Waals surface area contributed by atoms with Gasteiger partial charge in [0.15, 0.2) is 15.6 Å². The summed E-state index contributed by atoms with van der Waals surface area (Å²) in [6.07, 6.45) is 0. The summed E-state index contributed by atoms with van der Waals surface area (Å²) < 4.78 is 28.3. The summed E-state index contributed by atoms with van der Waals surface area (Å²) >= 11 is 0. The lowest BCUT2D eigenvalue weighted by atomic mass is 10.2. The van der Waals surface area contributed by atoms with E-state index in [-0.39, 0.29) is 12.4 Å². The highest BCUT2D eigenvalue weighted by molar-refractivity contribution is 7.92. The Morgan fingerprint density at radius 3 is 2.44 bits per heavy atom. The van der Waals surface area contributed by atoms with E-state index in [0.717, 1.165) is 0 Å². The number of hydrogen-bond donors (Lipinski definition) is 1. The van der Waals surface area contributed by atoms with E-state index in [1.165, 1.54) is 0 Å². The summed E-state index contributed by atoms with van der Waals surface area (Å²) in [5.74, 6) is -1.04. The van der Waals surface area contributed by atoms with Crippen LogP contribution in [0.15, 0.2) is 30.3 Å². The number of carbonyl (C=O) groups is 1. The van der Waals surface area contributed by atoms with E-state index in [0.29, 0.717) is 18.7 Å². The molecule has 0 aliphatic carbocycles. The number of hydrogen-bond acceptors (Lipinski definition) is 5. The smallest absolute Gasteiger partial charge is 0.177 e. The number of carbonyl (C=O) groups excluding carboxylic acids is 1. The van der Waals surface area contributed by atoms with Crippen LogP contribution in [0.25, 0.3) is 0 Å². The van der Waals surface area contributed by atoms with Crippen LogP contribution in [0.5, 0.6) is 0 Å². The van der Waals surface area contributed by atoms with E-state index in [4.69, 9.17) is 10.5 Å². The minimum atomic E-state index is -3.42. The molecule has 0 aliphatic rings. The monoisotopic (exact) mass is 271 g/mol. The van der Waals surface area contributed by atoms with Crippen molar-refractivity contribution in [3.05, 3.63) is 35.9 Å². The predicted molar refractivity (Wildman–Crippen MR) is 69.3 cm³/mol. The summed E-state index contributed by atoms with van der Waals surface area (Å²) in [4.78, 5) is 11.7. The molecule has 0 saturated carbocycles. The zero-order valence-electron chi connectivity index (χ0n) is 10.0. The minimum Gasteiger partial charge on any atom is -0.379 e. The molecule has 0 saturated heterocycles. The molecule has 0 heterocycles. The molecular formula is C12H17NO4S. The lowest BCUT2D eigenvalue weighted by molar-refractivity contribution is 0.102. The first-order valence-electron chi connectivity index (χ1n) is 5.61. The van der Waals surface area contributed by atoms with Gasteiger partial charge in [-0.15, -0.1) is 0 Å². The number of nitrogens with two attached hydrogens (primary N) is 1. The van der Waals surface area contributed by atoms with Crippen LogP contribution in [0.2, 0.25) is 0 Å². The molecule has 0 unspecified atom stereocenters. The van der Waals surface area contributed by atoms with Crippen molar-refractivity contribution < 1.29 is 17.9 Å². The van der Waals surface area contributed by atoms with Gasteiger partial charge in [0.2, 0.25) is 0 Å². The Kier molecular flexibility index (Phi) is 5.97. The summed E-state index contributed by atoms with van der Waals surface area (Å²) in [7, 11) is -3.42. The summed E-state index contributed by atoms with van der Waals surface area (Å²) in [5, 5.41) is 0. The largest absolute Gasteiger partial charge is 0.379 e. The topological polar surface area (TPSA) is 86.5 Å². The third-order valence-electron chi connectivity index (χ3n) is 2.25. The fraction of sp³-hybridized carbons (Fsp3) is 0.417. The molecule has 0 aliphatic heterocycles. The molecule has 0 atom stereocenters. The molecule has 0 radical (unpaired) electrons. The van der Waals surface area contributed by atoms with Gasteiger partial charge in [-0.25, -0.2) is 8.42 Å². The van der Waals surface area contributed by atoms with Gasteiger partial charge in [0.1, 0.15) is 5.75 Å². The van der Waals surface area contributed by atoms with Gasteiger partial charge in [-0.05, 0) is 0 Å². The molecule has 1 rings (SSSR count). The highest BCUT2D eigenvalue weighted by atomic mass is 32.2. The van der Waals surface area contributed by atoms with E-state index in [9.17, 15) is 13.2 Å². The van der Waals surface area contributed by atoms with Crippen LogP contribution in [-0.4, -0.2) is 45.5 Å². The SMILES string of the molecule is NCCOCCS(=O)(=O)CC(=O)c1ccccc1. The van der Waals surface area contributed by atoms with Crippen molar-refractivity contribution in [1.82, 2.24) is 0 Å². The van der Waals surface area contributed by atoms with Crippen molar-refractivity contribution in [2.75, 3.05) is 31.3 Å². The molecule has 0 amide bonds. The second-order valence-corrected chi connectivity index (χ2v) is 5.97. The fourth-order valence-electron chi connectivity index (χ4n) is 1.35. The molecule has 1 aromatic rings. The molecular weight excluding hydrogens is 254 g/mol. The Morgan fingerprint density at radius 1 is 1.17 bits per heavy atom. The second-order valence-electron chi connectivity index (χ2n) is 3.78. The van der Waals surface area contributed by atoms with Gasteiger partial charge >= 0.3 is 0 Å². The Morgan fingerprint density at radius 2 is 1.83 bits per heavy atom. The molecule has 1 aromatic carbocycles. The molecule has 0 aromatic heterocycles. The molecule has 18 heavy (non-hydrogen) atoms. The van der Waals surface area contributed by atoms with Crippen LogP contribution < -0.4 is 5.73 Å². The highest BCUT2D eigenvalue weighted by Crippen LogP contribution is 2.03. The molecule has 0 spiro atoms. The van der Waals surface area contributed by atoms with E-state index in [2.05, 4.69) is 0 Å². The first kappa shape index (κ1) is 14.8. The quantitative estimate of drug-likeness (QED) is 0.541. The van der Waals surface area contributed by atoms with Crippen LogP contribution in [0, 0.1) is 0 Å². The number of ketones is 1. The van der Waals surface area contributed by atoms with Crippen molar-refractivity contribution in [3.63, 3.8) is 0 Å². The molecule has 100 valence electrons. The van der Waals surface area contributed by atoms with Crippen molar-refractivity contribution >= 4 is 15.6 Å². The number of ether oxygens (including phenoxy) is 1. The Hall–Kier alpha value is -1.24. The number of benzene rings is 1. The number of rotatable bonds is 8. The zero-order chi connectivity index (χ0) is 13.4. The highest BCUT2D eigenvalue weighted by Gasteiger charge is 2.17. The van der Waals surface area contributed by atoms with Crippen LogP contribution in [0.1, 0.15) is 10.4 Å². The molecule has 2 N–H and O–H groups in total. The Labute approximate surface area is 107 Å². The summed E-state index contributed by atoms with van der Waals surface area (Å²) in [6, 6.07) is 8.37. The maximum Gasteiger partial charge on any atom is 0.177 e. The van der Waals surface area contributed by atoms with E-state index >= 15 is 0 Å². The Balaban J connectivity index is 2.48. The summed E-state index contributed by atoms with van der Waals surface area (Å²) in [5.41, 5.74) is 5.61. The van der Waals surface area contributed by atoms with Gasteiger partial charge in [-0.2, -0.15) is 0 Å². The lowest BCUT2D eigenvalue weighted by Crippen LogP contribution is -2.22. The lowest BCUT2D eigenvalue weighted by Gasteiger charge is -2.04. The van der Waals surface area contributed by atoms with Gasteiger partial charge < -0.3 is 10.5 Å². The molecule has 0 bridgehead atoms. The molecule has 5 nitrogen and oxygen atoms in total. The predicted octanol–water partition coefficient (Wildman–Crippen LogP) is 0.259. The maximum absolute atomic E-state index is 11.7. The third kappa shape index (κ3) is 5.39. The normalized spacial score (nSPS) is 11.4. The second kappa shape index (κ2) is 7.25. The average molecular weight is 271 g/mol. The molecule has 6 heteroatoms. The van der Waals surface area contributed by atoms with Crippen molar-refractivity contribution in [3.8, 4) is 0 Å². The van der Waals surface area contributed by atoms with Crippen molar-refractivity contribution in [2.45, 2.75) is 0 Å². The van der Waals surface area contributed by atoms with E-state index in [1.807, 2.05) is 0 Å². The van der Waals surface area contributed by atoms with Crippen molar-refractivity contribution in [2.24, 2.45) is 5.73 Å². The van der Waals surface area contributed by atoms with Crippen molar-refractivity contribution in [1.29, 1.82) is 0 Å². The number of Topliss-reactive ketones (excluding diaryl/α,β-unsaturated/α-hetero) is 1. The molecule has 0 fully saturated rings. The summed E-state index contributed by atoms with van der Waals surface area (Å²) in [6.45, 7) is 0.743. The van der Waals surface area contributed by atoms with Crippen LogP contribution in [-0.2, 0) is 14.6 Å². The van der Waals surface area contributed by atoms with Gasteiger partial charge in [-0.3, -0.25) is 4.79 Å². The first-order valence-corrected chi connectivity index (χ1v) is 7.44. The zero-order valence-corrected chi connectivity index (χ0v) is 10.9. The fourth-order valence-corrected chi connectivity index (χ4v) is 2.43. The van der Waals surface area contributed by atoms with Gasteiger partial charge in [-0.1, -0.05) is 30.3 Å². The first-order chi connectivity index (χ1) is 8.55. The van der Waals surface area contributed by atoms with Gasteiger partial charge in [0.25, 0.3) is 0 Å². The van der Waals surface area contributed by atoms with Crippen LogP contribution in [0.3, 0.4) is 0 Å². The van der Waals surface area contributed by atoms with Crippen LogP contribution >= 0.6 is 0 Å². The van der Waals surface area contributed by atoms with Gasteiger partial charge in [0.05, 0.1) is 19.0 Å². The average Bonchev–Trinajstić information content (AvgIpc) is 2.35.